The van der Waals surface area contributed by atoms with Gasteiger partial charge in [-0.3, -0.25) is 4.79 Å². The van der Waals surface area contributed by atoms with Crippen LogP contribution in [-0.2, 0) is 28.5 Å². The van der Waals surface area contributed by atoms with Crippen molar-refractivity contribution in [2.75, 3.05) is 13.2 Å². The molecule has 276 valence electrons. The lowest BCUT2D eigenvalue weighted by molar-refractivity contribution is -0.302. The summed E-state index contributed by atoms with van der Waals surface area (Å²) in [4.78, 5) is 14.0. The van der Waals surface area contributed by atoms with Crippen molar-refractivity contribution in [3.05, 3.63) is 0 Å². The van der Waals surface area contributed by atoms with E-state index in [0.29, 0.717) is 25.8 Å². The van der Waals surface area contributed by atoms with Crippen molar-refractivity contribution < 1.29 is 54.0 Å². The highest BCUT2D eigenvalue weighted by Crippen LogP contribution is 2.39. The van der Waals surface area contributed by atoms with Crippen molar-refractivity contribution in [1.29, 1.82) is 0 Å². The lowest BCUT2D eigenvalue weighted by Crippen LogP contribution is -2.58. The molecule has 0 aromatic carbocycles. The number of rotatable bonds is 6. The molecule has 3 rings (SSSR count). The molecule has 3 fully saturated rings. The molecule has 0 aromatic rings. The first-order valence-electron chi connectivity index (χ1n) is 17.8. The van der Waals surface area contributed by atoms with Crippen LogP contribution in [0.25, 0.3) is 0 Å². The van der Waals surface area contributed by atoms with Gasteiger partial charge in [0.05, 0.1) is 35.9 Å². The minimum Gasteiger partial charge on any atom is -0.459 e. The Labute approximate surface area is 281 Å². The van der Waals surface area contributed by atoms with Crippen LogP contribution < -0.4 is 5.32 Å². The molecular weight excluding hydrogens is 610 g/mol. The minimum absolute atomic E-state index is 0.0195. The quantitative estimate of drug-likeness (QED) is 0.227. The van der Waals surface area contributed by atoms with E-state index in [1.165, 1.54) is 6.92 Å². The molecule has 3 aliphatic heterocycles. The number of ether oxygens (including phenoxy) is 5. The molecule has 3 heterocycles. The van der Waals surface area contributed by atoms with Crippen molar-refractivity contribution >= 4 is 5.97 Å². The summed E-state index contributed by atoms with van der Waals surface area (Å²) < 4.78 is 31.4. The van der Waals surface area contributed by atoms with Gasteiger partial charge in [0.2, 0.25) is 0 Å². The van der Waals surface area contributed by atoms with Crippen molar-refractivity contribution in [3.8, 4) is 0 Å². The average Bonchev–Trinajstić information content (AvgIpc) is 2.99. The zero-order chi connectivity index (χ0) is 35.4. The second-order valence-electron chi connectivity index (χ2n) is 15.5. The van der Waals surface area contributed by atoms with Gasteiger partial charge in [-0.2, -0.15) is 0 Å². The van der Waals surface area contributed by atoms with E-state index in [2.05, 4.69) is 5.32 Å². The second-order valence-corrected chi connectivity index (χ2v) is 15.5. The molecule has 0 saturated carbocycles. The Morgan fingerprint density at radius 3 is 2.23 bits per heavy atom. The van der Waals surface area contributed by atoms with Crippen LogP contribution in [0.15, 0.2) is 0 Å². The Hall–Kier alpha value is -0.930. The Balaban J connectivity index is 2.08. The van der Waals surface area contributed by atoms with E-state index in [1.807, 2.05) is 34.6 Å². The lowest BCUT2D eigenvalue weighted by Gasteiger charge is -2.46. The summed E-state index contributed by atoms with van der Waals surface area (Å²) >= 11 is 0. The first kappa shape index (κ1) is 40.5. The van der Waals surface area contributed by atoms with E-state index in [0.717, 1.165) is 0 Å². The Morgan fingerprint density at radius 2 is 1.64 bits per heavy atom. The molecule has 6 N–H and O–H groups in total. The maximum absolute atomic E-state index is 14.0. The van der Waals surface area contributed by atoms with E-state index in [9.17, 15) is 30.3 Å². The highest BCUT2D eigenvalue weighted by molar-refractivity contribution is 5.73. The van der Waals surface area contributed by atoms with E-state index in [-0.39, 0.29) is 49.4 Å². The molecule has 2 unspecified atom stereocenters. The standard InChI is InChI=1S/C35H65NO11/c1-11-27-35(10,42)30(39)23(7)36-16-18(2)15-34(9,41)31(47-33-26(38)13-12-20(4)43-33)21(5)29(22(6)32(40)45-27)46-28-14-19(3)25(17-37)24(8)44-28/h18-31,33,36-39,41-42H,11-17H2,1-10H3/t18-,19?,20-,21+,22-,23-,24+,25?,26-,27-,28+,29+,30-,31-,33+,34-,35-/m1/s1. The summed E-state index contributed by atoms with van der Waals surface area (Å²) in [7, 11) is 0. The number of aliphatic hydroxyl groups excluding tert-OH is 3. The van der Waals surface area contributed by atoms with Gasteiger partial charge in [-0.1, -0.05) is 27.7 Å². The normalized spacial score (nSPS) is 49.9. The Morgan fingerprint density at radius 1 is 0.979 bits per heavy atom. The highest BCUT2D eigenvalue weighted by atomic mass is 16.7. The van der Waals surface area contributed by atoms with Crippen LogP contribution in [0.2, 0.25) is 0 Å². The Bertz CT molecular complexity index is 969. The number of aliphatic hydroxyl groups is 5. The molecular formula is C35H65NO11. The van der Waals surface area contributed by atoms with E-state index in [1.54, 1.807) is 27.7 Å². The van der Waals surface area contributed by atoms with E-state index >= 15 is 0 Å². The number of carbonyl (C=O) groups is 1. The van der Waals surface area contributed by atoms with Crippen LogP contribution in [0.5, 0.6) is 0 Å². The number of cyclic esters (lactones) is 1. The van der Waals surface area contributed by atoms with Gasteiger partial charge in [-0.15, -0.1) is 0 Å². The van der Waals surface area contributed by atoms with Crippen molar-refractivity contribution in [2.24, 2.45) is 29.6 Å². The summed E-state index contributed by atoms with van der Waals surface area (Å²) in [5.41, 5.74) is -3.24. The fourth-order valence-corrected chi connectivity index (χ4v) is 7.92. The summed E-state index contributed by atoms with van der Waals surface area (Å²) in [6.07, 6.45) is -5.07. The molecule has 17 atom stereocenters. The SMILES string of the molecule is CC[C@H]1OC(=O)[C@H](C)[C@@H](O[C@H]2CC(C)C(CO)[C@H](C)O2)[C@H](C)[C@@H](O[C@@H]2O[C@H](C)CC[C@H]2O)[C@](C)(O)C[C@@H](C)CN[C@H](C)[C@@H](O)[C@]1(C)O. The molecule has 0 spiro atoms. The van der Waals surface area contributed by atoms with E-state index < -0.39 is 78.1 Å². The molecule has 12 nitrogen and oxygen atoms in total. The number of carbonyl (C=O) groups excluding carboxylic acids is 1. The molecule has 47 heavy (non-hydrogen) atoms. The van der Waals surface area contributed by atoms with Crippen LogP contribution in [0, 0.1) is 29.6 Å². The van der Waals surface area contributed by atoms with Crippen LogP contribution in [0.4, 0.5) is 0 Å². The van der Waals surface area contributed by atoms with Crippen LogP contribution in [-0.4, -0.2) is 117 Å². The number of hydrogen-bond acceptors (Lipinski definition) is 12. The first-order valence-corrected chi connectivity index (χ1v) is 17.8. The molecule has 0 aliphatic carbocycles. The van der Waals surface area contributed by atoms with Crippen molar-refractivity contribution in [3.63, 3.8) is 0 Å². The maximum atomic E-state index is 14.0. The third-order valence-electron chi connectivity index (χ3n) is 11.0. The fraction of sp³-hybridized carbons (Fsp3) is 0.971. The summed E-state index contributed by atoms with van der Waals surface area (Å²) in [5.74, 6) is -2.32. The molecule has 0 aromatic heterocycles. The predicted octanol–water partition coefficient (Wildman–Crippen LogP) is 2.50. The predicted molar refractivity (Wildman–Crippen MR) is 175 cm³/mol. The van der Waals surface area contributed by atoms with Gasteiger partial charge >= 0.3 is 5.97 Å². The van der Waals surface area contributed by atoms with Gasteiger partial charge in [0.1, 0.15) is 23.9 Å². The number of hydrogen-bond donors (Lipinski definition) is 6. The molecule has 0 radical (unpaired) electrons. The zero-order valence-corrected chi connectivity index (χ0v) is 30.3. The molecule has 3 saturated heterocycles. The summed E-state index contributed by atoms with van der Waals surface area (Å²) in [6.45, 7) is 18.4. The van der Waals surface area contributed by atoms with Gasteiger partial charge < -0.3 is 54.5 Å². The largest absolute Gasteiger partial charge is 0.459 e. The fourth-order valence-electron chi connectivity index (χ4n) is 7.92. The van der Waals surface area contributed by atoms with Crippen molar-refractivity contribution in [1.82, 2.24) is 5.32 Å². The van der Waals surface area contributed by atoms with E-state index in [4.69, 9.17) is 23.7 Å². The van der Waals surface area contributed by atoms with Gasteiger partial charge in [-0.05, 0) is 85.6 Å². The van der Waals surface area contributed by atoms with Crippen LogP contribution in [0.3, 0.4) is 0 Å². The van der Waals surface area contributed by atoms with Crippen molar-refractivity contribution in [2.45, 2.75) is 174 Å². The topological polar surface area (TPSA) is 176 Å². The molecule has 12 heteroatoms. The zero-order valence-electron chi connectivity index (χ0n) is 30.3. The van der Waals surface area contributed by atoms with Gasteiger partial charge in [-0.25, -0.2) is 0 Å². The summed E-state index contributed by atoms with van der Waals surface area (Å²) in [6, 6.07) is -0.558. The Kier molecular flexibility index (Phi) is 14.5. The van der Waals surface area contributed by atoms with Gasteiger partial charge in [0.15, 0.2) is 12.6 Å². The molecule has 0 amide bonds. The minimum atomic E-state index is -1.76. The average molecular weight is 676 g/mol. The van der Waals surface area contributed by atoms with Gasteiger partial charge in [0.25, 0.3) is 0 Å². The van der Waals surface area contributed by atoms with Gasteiger partial charge in [0, 0.05) is 30.9 Å². The lowest BCUT2D eigenvalue weighted by atomic mass is 9.77. The smallest absolute Gasteiger partial charge is 0.311 e. The van der Waals surface area contributed by atoms with Crippen LogP contribution >= 0.6 is 0 Å². The third-order valence-corrected chi connectivity index (χ3v) is 11.0. The second kappa shape index (κ2) is 16.9. The maximum Gasteiger partial charge on any atom is 0.311 e. The third kappa shape index (κ3) is 9.86. The monoisotopic (exact) mass is 675 g/mol. The molecule has 3 aliphatic rings. The number of esters is 1. The first-order chi connectivity index (χ1) is 21.8. The molecule has 0 bridgehead atoms. The summed E-state index contributed by atoms with van der Waals surface area (Å²) in [5, 5.41) is 59.0. The highest BCUT2D eigenvalue weighted by Gasteiger charge is 2.50. The van der Waals surface area contributed by atoms with Crippen LogP contribution in [0.1, 0.15) is 101 Å². The number of nitrogens with one attached hydrogen (secondary N) is 1.